The number of rotatable bonds is 3. The third-order valence-corrected chi connectivity index (χ3v) is 2.86. The summed E-state index contributed by atoms with van der Waals surface area (Å²) in [5, 5.41) is 6.81. The van der Waals surface area contributed by atoms with Crippen molar-refractivity contribution in [2.45, 2.75) is 51.2 Å². The van der Waals surface area contributed by atoms with Gasteiger partial charge in [0.2, 0.25) is 0 Å². The van der Waals surface area contributed by atoms with E-state index in [4.69, 9.17) is 9.47 Å². The Hall–Kier alpha value is -0.160. The van der Waals surface area contributed by atoms with E-state index >= 15 is 0 Å². The first-order chi connectivity index (χ1) is 6.78. The summed E-state index contributed by atoms with van der Waals surface area (Å²) in [6, 6.07) is 1.00. The van der Waals surface area contributed by atoms with E-state index in [1.807, 2.05) is 0 Å². The van der Waals surface area contributed by atoms with Crippen molar-refractivity contribution in [1.29, 1.82) is 0 Å². The van der Waals surface area contributed by atoms with Gasteiger partial charge in [0.15, 0.2) is 0 Å². The number of hydrogen-bond acceptors (Lipinski definition) is 4. The fourth-order valence-corrected chi connectivity index (χ4v) is 1.97. The zero-order chi connectivity index (χ0) is 9.97. The summed E-state index contributed by atoms with van der Waals surface area (Å²) in [6.07, 6.45) is 2.37. The lowest BCUT2D eigenvalue weighted by molar-refractivity contribution is 0.0231. The lowest BCUT2D eigenvalue weighted by atomic mass is 10.2. The Balaban J connectivity index is 1.71. The molecule has 2 aliphatic heterocycles. The number of nitrogens with one attached hydrogen (secondary N) is 2. The summed E-state index contributed by atoms with van der Waals surface area (Å²) in [6.45, 7) is 5.96. The van der Waals surface area contributed by atoms with Crippen LogP contribution in [0.3, 0.4) is 0 Å². The van der Waals surface area contributed by atoms with Crippen molar-refractivity contribution in [3.8, 4) is 0 Å². The lowest BCUT2D eigenvalue weighted by Gasteiger charge is -2.16. The molecule has 0 saturated carbocycles. The zero-order valence-electron chi connectivity index (χ0n) is 8.95. The molecule has 0 aromatic rings. The minimum atomic E-state index is 0.165. The third kappa shape index (κ3) is 2.45. The van der Waals surface area contributed by atoms with E-state index in [1.54, 1.807) is 0 Å². The Bertz CT molecular complexity index is 189. The van der Waals surface area contributed by atoms with Crippen molar-refractivity contribution in [3.05, 3.63) is 0 Å². The first-order valence-electron chi connectivity index (χ1n) is 5.53. The monoisotopic (exact) mass is 200 g/mol. The van der Waals surface area contributed by atoms with Gasteiger partial charge in [-0.25, -0.2) is 0 Å². The first-order valence-corrected chi connectivity index (χ1v) is 5.53. The van der Waals surface area contributed by atoms with Gasteiger partial charge in [-0.3, -0.25) is 10.6 Å². The second-order valence-corrected chi connectivity index (χ2v) is 4.22. The van der Waals surface area contributed by atoms with E-state index in [2.05, 4.69) is 24.5 Å². The van der Waals surface area contributed by atoms with Crippen LogP contribution in [0.1, 0.15) is 26.7 Å². The van der Waals surface area contributed by atoms with Crippen LogP contribution < -0.4 is 10.6 Å². The van der Waals surface area contributed by atoms with Crippen LogP contribution in [0.5, 0.6) is 0 Å². The molecule has 2 N–H and O–H groups in total. The average Bonchev–Trinajstić information content (AvgIpc) is 2.76. The van der Waals surface area contributed by atoms with Gasteiger partial charge >= 0.3 is 0 Å². The van der Waals surface area contributed by atoms with Crippen LogP contribution in [-0.4, -0.2) is 37.8 Å². The summed E-state index contributed by atoms with van der Waals surface area (Å²) in [5.41, 5.74) is 0. The van der Waals surface area contributed by atoms with Gasteiger partial charge in [-0.15, -0.1) is 0 Å². The highest BCUT2D eigenvalue weighted by atomic mass is 16.5. The molecule has 2 aliphatic rings. The molecule has 4 atom stereocenters. The van der Waals surface area contributed by atoms with Crippen LogP contribution >= 0.6 is 0 Å². The zero-order valence-corrected chi connectivity index (χ0v) is 8.95. The van der Waals surface area contributed by atoms with Gasteiger partial charge in [-0.1, -0.05) is 6.92 Å². The van der Waals surface area contributed by atoms with Crippen molar-refractivity contribution in [2.24, 2.45) is 0 Å². The second kappa shape index (κ2) is 4.57. The molecular weight excluding hydrogens is 180 g/mol. The molecule has 0 bridgehead atoms. The highest BCUT2D eigenvalue weighted by molar-refractivity contribution is 4.79. The van der Waals surface area contributed by atoms with E-state index in [-0.39, 0.29) is 12.5 Å². The molecule has 82 valence electrons. The van der Waals surface area contributed by atoms with Crippen molar-refractivity contribution in [1.82, 2.24) is 10.6 Å². The second-order valence-electron chi connectivity index (χ2n) is 4.22. The quantitative estimate of drug-likeness (QED) is 0.693. The molecule has 2 heterocycles. The van der Waals surface area contributed by atoms with Crippen LogP contribution in [0.15, 0.2) is 0 Å². The molecule has 0 amide bonds. The fraction of sp³-hybridized carbons (Fsp3) is 1.00. The van der Waals surface area contributed by atoms with Crippen LogP contribution in [-0.2, 0) is 9.47 Å². The van der Waals surface area contributed by atoms with Crippen LogP contribution in [0.4, 0.5) is 0 Å². The topological polar surface area (TPSA) is 42.5 Å². The van der Waals surface area contributed by atoms with Crippen molar-refractivity contribution in [3.63, 3.8) is 0 Å². The van der Waals surface area contributed by atoms with Gasteiger partial charge in [-0.2, -0.15) is 0 Å². The Morgan fingerprint density at radius 3 is 2.43 bits per heavy atom. The normalized spacial score (nSPS) is 43.3. The van der Waals surface area contributed by atoms with E-state index in [9.17, 15) is 0 Å². The molecule has 0 aromatic carbocycles. The lowest BCUT2D eigenvalue weighted by Crippen LogP contribution is -2.37. The molecule has 2 rings (SSSR count). The van der Waals surface area contributed by atoms with Gasteiger partial charge in [0.1, 0.15) is 12.5 Å². The van der Waals surface area contributed by atoms with Crippen molar-refractivity contribution >= 4 is 0 Å². The Morgan fingerprint density at radius 1 is 1.14 bits per heavy atom. The Kier molecular flexibility index (Phi) is 3.38. The molecule has 0 aromatic heterocycles. The van der Waals surface area contributed by atoms with Gasteiger partial charge in [0, 0.05) is 18.5 Å². The first kappa shape index (κ1) is 10.4. The molecule has 4 heteroatoms. The largest absolute Gasteiger partial charge is 0.362 e. The number of ether oxygens (including phenoxy) is 2. The predicted octanol–water partition coefficient (Wildman–Crippen LogP) is 0.435. The highest BCUT2D eigenvalue weighted by Gasteiger charge is 2.29. The molecule has 0 spiro atoms. The SMILES string of the molecule is CCC1COC(CC2NC(C)CO2)N1. The van der Waals surface area contributed by atoms with Crippen molar-refractivity contribution in [2.75, 3.05) is 13.2 Å². The highest BCUT2D eigenvalue weighted by Crippen LogP contribution is 2.14. The molecule has 4 unspecified atom stereocenters. The molecule has 4 nitrogen and oxygen atoms in total. The van der Waals surface area contributed by atoms with Gasteiger partial charge in [0.05, 0.1) is 13.2 Å². The van der Waals surface area contributed by atoms with E-state index in [1.165, 1.54) is 0 Å². The van der Waals surface area contributed by atoms with Gasteiger partial charge < -0.3 is 9.47 Å². The molecule has 2 saturated heterocycles. The van der Waals surface area contributed by atoms with E-state index in [0.717, 1.165) is 26.1 Å². The minimum Gasteiger partial charge on any atom is -0.362 e. The third-order valence-electron chi connectivity index (χ3n) is 2.86. The van der Waals surface area contributed by atoms with Gasteiger partial charge in [0.25, 0.3) is 0 Å². The summed E-state index contributed by atoms with van der Waals surface area (Å²) >= 11 is 0. The Morgan fingerprint density at radius 2 is 1.86 bits per heavy atom. The molecule has 2 fully saturated rings. The summed E-state index contributed by atoms with van der Waals surface area (Å²) in [4.78, 5) is 0. The van der Waals surface area contributed by atoms with Crippen molar-refractivity contribution < 1.29 is 9.47 Å². The maximum absolute atomic E-state index is 5.62. The average molecular weight is 200 g/mol. The minimum absolute atomic E-state index is 0.165. The summed E-state index contributed by atoms with van der Waals surface area (Å²) < 4.78 is 11.2. The number of hydrogen-bond donors (Lipinski definition) is 2. The summed E-state index contributed by atoms with van der Waals surface area (Å²) in [5.74, 6) is 0. The van der Waals surface area contributed by atoms with E-state index < -0.39 is 0 Å². The molecule has 0 radical (unpaired) electrons. The Labute approximate surface area is 85.3 Å². The summed E-state index contributed by atoms with van der Waals surface area (Å²) in [7, 11) is 0. The molecule has 0 aliphatic carbocycles. The maximum atomic E-state index is 5.62. The van der Waals surface area contributed by atoms with Crippen LogP contribution in [0, 0.1) is 0 Å². The predicted molar refractivity (Wildman–Crippen MR) is 53.9 cm³/mol. The van der Waals surface area contributed by atoms with Crippen LogP contribution in [0.2, 0.25) is 0 Å². The standard InChI is InChI=1S/C10H20N2O2/c1-3-8-6-14-10(12-8)4-9-11-7(2)5-13-9/h7-12H,3-6H2,1-2H3. The van der Waals surface area contributed by atoms with E-state index in [0.29, 0.717) is 12.1 Å². The molecular formula is C10H20N2O2. The van der Waals surface area contributed by atoms with Gasteiger partial charge in [-0.05, 0) is 13.3 Å². The smallest absolute Gasteiger partial charge is 0.112 e. The fourth-order valence-electron chi connectivity index (χ4n) is 1.97. The maximum Gasteiger partial charge on any atom is 0.112 e. The molecule has 14 heavy (non-hydrogen) atoms. The van der Waals surface area contributed by atoms with Crippen LogP contribution in [0.25, 0.3) is 0 Å².